The van der Waals surface area contributed by atoms with Crippen LogP contribution in [-0.2, 0) is 14.8 Å². The van der Waals surface area contributed by atoms with Gasteiger partial charge in [-0.3, -0.25) is 24.7 Å². The topological polar surface area (TPSA) is 184 Å². The monoisotopic (exact) mass is 906 g/mol. The summed E-state index contributed by atoms with van der Waals surface area (Å²) < 4.78 is 36.8. The molecule has 2 saturated heterocycles. The second-order valence-electron chi connectivity index (χ2n) is 17.5. The van der Waals surface area contributed by atoms with Gasteiger partial charge in [-0.15, -0.1) is 0 Å². The van der Waals surface area contributed by atoms with E-state index in [0.29, 0.717) is 48.7 Å². The van der Waals surface area contributed by atoms with Crippen LogP contribution in [0, 0.1) is 15.5 Å². The van der Waals surface area contributed by atoms with E-state index in [0.717, 1.165) is 87.2 Å². The summed E-state index contributed by atoms with van der Waals surface area (Å²) in [5, 5.41) is 21.4. The standard InChI is InChI=1S/C46H51ClN10O6S/c1-46(2)13-11-33(38(28-46)31-3-5-34(47)6-4-31)30-54-17-19-55(20-18-54)35-7-9-37(41(26-35)56-42-25-32-12-14-49-44(32)51-40(42)29-50-56)45(58)52-64(61,62)36-8-10-39(43(27-36)57(59)60)48-15-16-53-21-23-63-24-22-53/h3-10,12,14,25-27,29,48H,11,13,15-24,28,30H2,1-2H3,(H,49,51)(H,52,58). The lowest BCUT2D eigenvalue weighted by atomic mass is 9.72. The van der Waals surface area contributed by atoms with Gasteiger partial charge >= 0.3 is 0 Å². The van der Waals surface area contributed by atoms with Crippen LogP contribution in [0.4, 0.5) is 17.1 Å². The maximum atomic E-state index is 14.2. The first kappa shape index (κ1) is 43.4. The molecule has 6 aromatic rings. The molecule has 3 N–H and O–H groups in total. The molecule has 0 atom stereocenters. The van der Waals surface area contributed by atoms with Crippen molar-refractivity contribution >= 4 is 72.2 Å². The van der Waals surface area contributed by atoms with Crippen molar-refractivity contribution in [3.63, 3.8) is 0 Å². The predicted octanol–water partition coefficient (Wildman–Crippen LogP) is 7.11. The van der Waals surface area contributed by atoms with Crippen LogP contribution < -0.4 is 14.9 Å². The van der Waals surface area contributed by atoms with E-state index in [-0.39, 0.29) is 16.7 Å². The molecule has 334 valence electrons. The highest BCUT2D eigenvalue weighted by molar-refractivity contribution is 7.90. The second-order valence-corrected chi connectivity index (χ2v) is 19.6. The van der Waals surface area contributed by atoms with Crippen molar-refractivity contribution in [3.8, 4) is 5.69 Å². The van der Waals surface area contributed by atoms with Crippen molar-refractivity contribution in [2.75, 3.05) is 82.3 Å². The molecule has 3 aromatic heterocycles. The highest BCUT2D eigenvalue weighted by Crippen LogP contribution is 2.43. The molecule has 2 fully saturated rings. The Morgan fingerprint density at radius 2 is 1.75 bits per heavy atom. The fraction of sp³-hybridized carbons (Fsp3) is 0.370. The summed E-state index contributed by atoms with van der Waals surface area (Å²) in [6.45, 7) is 12.5. The first-order valence-electron chi connectivity index (χ1n) is 21.6. The lowest BCUT2D eigenvalue weighted by Gasteiger charge is -2.39. The van der Waals surface area contributed by atoms with Crippen molar-refractivity contribution in [2.24, 2.45) is 5.41 Å². The van der Waals surface area contributed by atoms with E-state index in [4.69, 9.17) is 21.3 Å². The van der Waals surface area contributed by atoms with E-state index in [9.17, 15) is 23.3 Å². The molecule has 0 radical (unpaired) electrons. The SMILES string of the molecule is CC1(C)CCC(CN2CCN(c3ccc(C(=O)NS(=O)(=O)c4ccc(NCCN5CCOCC5)c([N+](=O)[O-])c4)c(-n4ncc5nc6[nH]ccc6cc54)c3)CC2)=C(c2ccc(Cl)cc2)C1. The summed E-state index contributed by atoms with van der Waals surface area (Å²) in [4.78, 5) is 40.1. The molecule has 0 bridgehead atoms. The maximum absolute atomic E-state index is 14.2. The number of nitrogens with one attached hydrogen (secondary N) is 3. The first-order valence-corrected chi connectivity index (χ1v) is 23.5. The summed E-state index contributed by atoms with van der Waals surface area (Å²) >= 11 is 6.26. The van der Waals surface area contributed by atoms with E-state index < -0.39 is 31.4 Å². The van der Waals surface area contributed by atoms with Crippen LogP contribution in [0.2, 0.25) is 5.02 Å². The van der Waals surface area contributed by atoms with Gasteiger partial charge in [0, 0.05) is 87.3 Å². The summed E-state index contributed by atoms with van der Waals surface area (Å²) in [5.74, 6) is -0.915. The van der Waals surface area contributed by atoms with Crippen molar-refractivity contribution in [1.29, 1.82) is 0 Å². The molecule has 18 heteroatoms. The van der Waals surface area contributed by atoms with E-state index in [2.05, 4.69) is 60.8 Å². The zero-order chi connectivity index (χ0) is 44.6. The molecular formula is C46H51ClN10O6S. The minimum Gasteiger partial charge on any atom is -0.379 e. The lowest BCUT2D eigenvalue weighted by molar-refractivity contribution is -0.384. The predicted molar refractivity (Wildman–Crippen MR) is 249 cm³/mol. The van der Waals surface area contributed by atoms with Crippen LogP contribution in [0.25, 0.3) is 33.3 Å². The van der Waals surface area contributed by atoms with Crippen LogP contribution in [-0.4, -0.2) is 121 Å². The molecule has 3 aliphatic rings. The van der Waals surface area contributed by atoms with Gasteiger partial charge in [-0.2, -0.15) is 5.10 Å². The van der Waals surface area contributed by atoms with Crippen LogP contribution >= 0.6 is 11.6 Å². The average molecular weight is 907 g/mol. The van der Waals surface area contributed by atoms with Gasteiger partial charge in [-0.1, -0.05) is 43.2 Å². The minimum atomic E-state index is -4.57. The Bertz CT molecular complexity index is 2860. The molecule has 2 aliphatic heterocycles. The Kier molecular flexibility index (Phi) is 12.2. The van der Waals surface area contributed by atoms with E-state index in [1.807, 2.05) is 36.4 Å². The normalized spacial score (nSPS) is 17.6. The molecule has 1 aliphatic carbocycles. The number of anilines is 2. The third kappa shape index (κ3) is 9.35. The number of hydrogen-bond donors (Lipinski definition) is 3. The van der Waals surface area contributed by atoms with Gasteiger partial charge in [-0.05, 0) is 90.4 Å². The largest absolute Gasteiger partial charge is 0.379 e. The lowest BCUT2D eigenvalue weighted by Crippen LogP contribution is -2.47. The van der Waals surface area contributed by atoms with Gasteiger partial charge in [0.25, 0.3) is 21.6 Å². The number of hydrogen-bond acceptors (Lipinski definition) is 12. The summed E-state index contributed by atoms with van der Waals surface area (Å²) in [6, 6.07) is 20.9. The fourth-order valence-corrected chi connectivity index (χ4v) is 10.1. The number of aromatic nitrogens is 4. The second kappa shape index (κ2) is 18.0. The zero-order valence-electron chi connectivity index (χ0n) is 35.8. The zero-order valence-corrected chi connectivity index (χ0v) is 37.4. The van der Waals surface area contributed by atoms with E-state index >= 15 is 0 Å². The number of nitro benzene ring substituents is 1. The number of carbonyl (C=O) groups excluding carboxylic acids is 1. The maximum Gasteiger partial charge on any atom is 0.293 e. The number of benzene rings is 3. The molecule has 64 heavy (non-hydrogen) atoms. The number of pyridine rings is 1. The van der Waals surface area contributed by atoms with E-state index in [1.165, 1.54) is 28.8 Å². The first-order chi connectivity index (χ1) is 30.8. The number of halogens is 1. The van der Waals surface area contributed by atoms with Gasteiger partial charge in [0.05, 0.1) is 46.0 Å². The smallest absolute Gasteiger partial charge is 0.293 e. The van der Waals surface area contributed by atoms with Crippen LogP contribution in [0.3, 0.4) is 0 Å². The van der Waals surface area contributed by atoms with Crippen molar-refractivity contribution in [3.05, 3.63) is 117 Å². The number of ether oxygens (including phenoxy) is 1. The number of carbonyl (C=O) groups is 1. The Labute approximate surface area is 376 Å². The third-order valence-corrected chi connectivity index (χ3v) is 14.2. The van der Waals surface area contributed by atoms with Crippen LogP contribution in [0.15, 0.2) is 95.7 Å². The number of sulfonamides is 1. The molecule has 3 aromatic carbocycles. The number of amides is 1. The van der Waals surface area contributed by atoms with Gasteiger partial charge < -0.3 is 19.9 Å². The number of aromatic amines is 1. The highest BCUT2D eigenvalue weighted by Gasteiger charge is 2.31. The van der Waals surface area contributed by atoms with Crippen molar-refractivity contribution < 1.29 is 22.9 Å². The molecule has 16 nitrogen and oxygen atoms in total. The third-order valence-electron chi connectivity index (χ3n) is 12.6. The van der Waals surface area contributed by atoms with E-state index in [1.54, 1.807) is 23.1 Å². The number of nitrogens with zero attached hydrogens (tertiary/aromatic N) is 7. The average Bonchev–Trinajstić information content (AvgIpc) is 3.93. The summed E-state index contributed by atoms with van der Waals surface area (Å²) in [5.41, 5.74) is 7.23. The van der Waals surface area contributed by atoms with Crippen molar-refractivity contribution in [1.82, 2.24) is 34.3 Å². The van der Waals surface area contributed by atoms with Crippen LogP contribution in [0.5, 0.6) is 0 Å². The Balaban J connectivity index is 0.965. The summed E-state index contributed by atoms with van der Waals surface area (Å²) in [7, 11) is -4.57. The summed E-state index contributed by atoms with van der Waals surface area (Å²) in [6.07, 6.45) is 6.59. The van der Waals surface area contributed by atoms with Gasteiger partial charge in [0.15, 0.2) is 0 Å². The molecular weight excluding hydrogens is 856 g/mol. The van der Waals surface area contributed by atoms with Gasteiger partial charge in [0.1, 0.15) is 16.9 Å². The molecule has 1 amide bonds. The van der Waals surface area contributed by atoms with Gasteiger partial charge in [0.2, 0.25) is 0 Å². The number of allylic oxidation sites excluding steroid dienone is 1. The number of nitro groups is 1. The molecule has 0 spiro atoms. The number of fused-ring (bicyclic) bond motifs is 2. The Morgan fingerprint density at radius 3 is 2.52 bits per heavy atom. The Morgan fingerprint density at radius 1 is 0.969 bits per heavy atom. The molecule has 5 heterocycles. The van der Waals surface area contributed by atoms with Crippen molar-refractivity contribution in [2.45, 2.75) is 38.0 Å². The number of piperazine rings is 1. The minimum absolute atomic E-state index is 0.0444. The van der Waals surface area contributed by atoms with Gasteiger partial charge in [-0.25, -0.2) is 22.8 Å². The molecule has 9 rings (SSSR count). The quantitative estimate of drug-likeness (QED) is 0.0790. The Hall–Kier alpha value is -5.85. The molecule has 0 unspecified atom stereocenters. The van der Waals surface area contributed by atoms with Crippen LogP contribution in [0.1, 0.15) is 49.0 Å². The fourth-order valence-electron chi connectivity index (χ4n) is 8.99. The highest BCUT2D eigenvalue weighted by atomic mass is 35.5. The number of morpholine rings is 1. The molecule has 0 saturated carbocycles. The number of rotatable bonds is 13. The number of H-pyrrole nitrogens is 1.